The van der Waals surface area contributed by atoms with Gasteiger partial charge < -0.3 is 21.3 Å². The first-order chi connectivity index (χ1) is 7.19. The summed E-state index contributed by atoms with van der Waals surface area (Å²) in [6.07, 6.45) is 1.93. The predicted molar refractivity (Wildman–Crippen MR) is 56.2 cm³/mol. The van der Waals surface area contributed by atoms with Crippen LogP contribution in [0.25, 0.3) is 0 Å². The van der Waals surface area contributed by atoms with E-state index in [9.17, 15) is 9.59 Å². The summed E-state index contributed by atoms with van der Waals surface area (Å²) in [6.45, 7) is 1.22. The zero-order valence-electron chi connectivity index (χ0n) is 8.95. The van der Waals surface area contributed by atoms with E-state index in [1.807, 2.05) is 0 Å². The van der Waals surface area contributed by atoms with Crippen LogP contribution in [-0.2, 0) is 4.79 Å². The first-order valence-electron chi connectivity index (χ1n) is 5.14. The van der Waals surface area contributed by atoms with Gasteiger partial charge in [-0.15, -0.1) is 0 Å². The molecule has 86 valence electrons. The average molecular weight is 214 g/mol. The number of likely N-dealkylation sites (tertiary alicyclic amines) is 1. The van der Waals surface area contributed by atoms with E-state index in [2.05, 4.69) is 10.6 Å². The molecule has 1 fully saturated rings. The summed E-state index contributed by atoms with van der Waals surface area (Å²) in [5.74, 6) is -0.202. The van der Waals surface area contributed by atoms with Crippen molar-refractivity contribution in [3.8, 4) is 0 Å². The number of urea groups is 1. The zero-order chi connectivity index (χ0) is 11.3. The van der Waals surface area contributed by atoms with Crippen LogP contribution < -0.4 is 16.4 Å². The maximum absolute atomic E-state index is 11.6. The van der Waals surface area contributed by atoms with Crippen LogP contribution in [0.4, 0.5) is 4.79 Å². The monoisotopic (exact) mass is 214 g/mol. The smallest absolute Gasteiger partial charge is 0.318 e. The highest BCUT2D eigenvalue weighted by Gasteiger charge is 2.27. The van der Waals surface area contributed by atoms with Crippen LogP contribution in [0.1, 0.15) is 12.8 Å². The molecule has 0 aromatic carbocycles. The number of nitrogens with two attached hydrogens (primary N) is 1. The first-order valence-corrected chi connectivity index (χ1v) is 5.14. The van der Waals surface area contributed by atoms with Gasteiger partial charge in [0.05, 0.1) is 6.54 Å². The number of hydrogen-bond donors (Lipinski definition) is 3. The standard InChI is InChI=1S/C9H18N4O2/c1-11-8(14)6-12-9(15)13-4-2-3-7(13)5-10/h7H,2-6,10H2,1H3,(H,11,14)(H,12,15). The van der Waals surface area contributed by atoms with E-state index in [0.717, 1.165) is 19.4 Å². The highest BCUT2D eigenvalue weighted by atomic mass is 16.2. The van der Waals surface area contributed by atoms with Crippen LogP contribution >= 0.6 is 0 Å². The highest BCUT2D eigenvalue weighted by Crippen LogP contribution is 2.15. The fourth-order valence-electron chi connectivity index (χ4n) is 1.69. The number of amides is 3. The van der Waals surface area contributed by atoms with Crippen molar-refractivity contribution < 1.29 is 9.59 Å². The molecule has 1 heterocycles. The number of carbonyl (C=O) groups excluding carboxylic acids is 2. The van der Waals surface area contributed by atoms with E-state index < -0.39 is 0 Å². The molecule has 0 aromatic rings. The molecule has 1 aliphatic rings. The second kappa shape index (κ2) is 5.55. The minimum Gasteiger partial charge on any atom is -0.358 e. The van der Waals surface area contributed by atoms with Crippen LogP contribution in [0, 0.1) is 0 Å². The lowest BCUT2D eigenvalue weighted by atomic mass is 10.2. The lowest BCUT2D eigenvalue weighted by Crippen LogP contribution is -2.47. The fraction of sp³-hybridized carbons (Fsp3) is 0.778. The van der Waals surface area contributed by atoms with Gasteiger partial charge in [0.15, 0.2) is 0 Å². The van der Waals surface area contributed by atoms with Crippen LogP contribution in [0.15, 0.2) is 0 Å². The van der Waals surface area contributed by atoms with Crippen LogP contribution in [0.3, 0.4) is 0 Å². The Kier molecular flexibility index (Phi) is 4.36. The molecule has 4 N–H and O–H groups in total. The minimum atomic E-state index is -0.202. The predicted octanol–water partition coefficient (Wildman–Crippen LogP) is -1.13. The summed E-state index contributed by atoms with van der Waals surface area (Å²) in [5.41, 5.74) is 5.54. The molecule has 1 aliphatic heterocycles. The van der Waals surface area contributed by atoms with Gasteiger partial charge in [0, 0.05) is 26.2 Å². The van der Waals surface area contributed by atoms with Crippen molar-refractivity contribution in [2.24, 2.45) is 5.73 Å². The lowest BCUT2D eigenvalue weighted by molar-refractivity contribution is -0.119. The summed E-state index contributed by atoms with van der Waals surface area (Å²) in [6, 6.07) is -0.0822. The third-order valence-electron chi connectivity index (χ3n) is 2.59. The van der Waals surface area contributed by atoms with Crippen molar-refractivity contribution in [1.29, 1.82) is 0 Å². The van der Waals surface area contributed by atoms with Gasteiger partial charge in [-0.3, -0.25) is 4.79 Å². The molecule has 0 bridgehead atoms. The van der Waals surface area contributed by atoms with E-state index in [1.54, 1.807) is 4.90 Å². The Bertz CT molecular complexity index is 244. The van der Waals surface area contributed by atoms with Crippen LogP contribution in [0.5, 0.6) is 0 Å². The summed E-state index contributed by atoms with van der Waals surface area (Å²) in [7, 11) is 1.53. The third-order valence-corrected chi connectivity index (χ3v) is 2.59. The van der Waals surface area contributed by atoms with Gasteiger partial charge in [-0.1, -0.05) is 0 Å². The molecule has 6 heteroatoms. The van der Waals surface area contributed by atoms with Gasteiger partial charge in [-0.2, -0.15) is 0 Å². The summed E-state index contributed by atoms with van der Waals surface area (Å²) >= 11 is 0. The van der Waals surface area contributed by atoms with E-state index in [4.69, 9.17) is 5.73 Å². The zero-order valence-corrected chi connectivity index (χ0v) is 8.95. The molecule has 0 saturated carbocycles. The van der Waals surface area contributed by atoms with Crippen molar-refractivity contribution in [2.75, 3.05) is 26.7 Å². The SMILES string of the molecule is CNC(=O)CNC(=O)N1CCCC1CN. The molecular weight excluding hydrogens is 196 g/mol. The molecule has 6 nitrogen and oxygen atoms in total. The van der Waals surface area contributed by atoms with E-state index >= 15 is 0 Å². The lowest BCUT2D eigenvalue weighted by Gasteiger charge is -2.23. The molecule has 0 aliphatic carbocycles. The van der Waals surface area contributed by atoms with Crippen LogP contribution in [0.2, 0.25) is 0 Å². The molecule has 0 aromatic heterocycles. The topological polar surface area (TPSA) is 87.5 Å². The molecule has 1 rings (SSSR count). The number of nitrogens with one attached hydrogen (secondary N) is 2. The van der Waals surface area contributed by atoms with E-state index in [-0.39, 0.29) is 24.5 Å². The van der Waals surface area contributed by atoms with Gasteiger partial charge in [0.25, 0.3) is 0 Å². The molecule has 15 heavy (non-hydrogen) atoms. The molecular formula is C9H18N4O2. The fourth-order valence-corrected chi connectivity index (χ4v) is 1.69. The Morgan fingerprint density at radius 3 is 2.87 bits per heavy atom. The maximum Gasteiger partial charge on any atom is 0.318 e. The maximum atomic E-state index is 11.6. The Balaban J connectivity index is 2.36. The molecule has 0 radical (unpaired) electrons. The third kappa shape index (κ3) is 3.09. The molecule has 1 unspecified atom stereocenters. The second-order valence-corrected chi connectivity index (χ2v) is 3.56. The van der Waals surface area contributed by atoms with Gasteiger partial charge in [0.1, 0.15) is 0 Å². The van der Waals surface area contributed by atoms with Gasteiger partial charge in [-0.05, 0) is 12.8 Å². The largest absolute Gasteiger partial charge is 0.358 e. The average Bonchev–Trinajstić information content (AvgIpc) is 2.73. The number of carbonyl (C=O) groups is 2. The van der Waals surface area contributed by atoms with E-state index in [0.29, 0.717) is 6.54 Å². The number of likely N-dealkylation sites (N-methyl/N-ethyl adjacent to an activating group) is 1. The number of nitrogens with zero attached hydrogens (tertiary/aromatic N) is 1. The number of hydrogen-bond acceptors (Lipinski definition) is 3. The molecule has 0 spiro atoms. The van der Waals surface area contributed by atoms with Crippen molar-refractivity contribution in [3.05, 3.63) is 0 Å². The number of rotatable bonds is 3. The summed E-state index contributed by atoms with van der Waals surface area (Å²) in [4.78, 5) is 24.2. The quantitative estimate of drug-likeness (QED) is 0.555. The van der Waals surface area contributed by atoms with Crippen molar-refractivity contribution in [1.82, 2.24) is 15.5 Å². The first kappa shape index (κ1) is 11.8. The summed E-state index contributed by atoms with van der Waals surface area (Å²) < 4.78 is 0. The normalized spacial score (nSPS) is 20.1. The van der Waals surface area contributed by atoms with Crippen LogP contribution in [-0.4, -0.2) is 49.6 Å². The Morgan fingerprint density at radius 2 is 2.27 bits per heavy atom. The van der Waals surface area contributed by atoms with Gasteiger partial charge in [0.2, 0.25) is 5.91 Å². The van der Waals surface area contributed by atoms with E-state index in [1.165, 1.54) is 7.05 Å². The van der Waals surface area contributed by atoms with Crippen molar-refractivity contribution in [2.45, 2.75) is 18.9 Å². The van der Waals surface area contributed by atoms with Crippen molar-refractivity contribution in [3.63, 3.8) is 0 Å². The van der Waals surface area contributed by atoms with Gasteiger partial charge in [-0.25, -0.2) is 4.79 Å². The second-order valence-electron chi connectivity index (χ2n) is 3.56. The highest BCUT2D eigenvalue weighted by molar-refractivity contribution is 5.83. The molecule has 1 atom stereocenters. The van der Waals surface area contributed by atoms with Gasteiger partial charge >= 0.3 is 6.03 Å². The Morgan fingerprint density at radius 1 is 1.53 bits per heavy atom. The van der Waals surface area contributed by atoms with Crippen molar-refractivity contribution >= 4 is 11.9 Å². The Labute approximate surface area is 89.2 Å². The Hall–Kier alpha value is -1.30. The minimum absolute atomic E-state index is 0.0170. The molecule has 1 saturated heterocycles. The molecule has 3 amide bonds. The summed E-state index contributed by atoms with van der Waals surface area (Å²) in [5, 5.41) is 5.00.